The third kappa shape index (κ3) is 3.74. The molecule has 6 heteroatoms. The van der Waals surface area contributed by atoms with Crippen LogP contribution >= 0.6 is 0 Å². The minimum absolute atomic E-state index is 0.0673. The predicted octanol–water partition coefficient (Wildman–Crippen LogP) is 3.36. The number of rotatable bonds is 6. The molecule has 158 valence electrons. The van der Waals surface area contributed by atoms with Crippen molar-refractivity contribution in [3.63, 3.8) is 0 Å². The average molecular weight is 407 g/mol. The van der Waals surface area contributed by atoms with Crippen LogP contribution in [0.25, 0.3) is 10.9 Å². The highest BCUT2D eigenvalue weighted by molar-refractivity contribution is 5.87. The van der Waals surface area contributed by atoms with Crippen molar-refractivity contribution in [2.24, 2.45) is 0 Å². The van der Waals surface area contributed by atoms with Gasteiger partial charge in [-0.05, 0) is 65.6 Å². The predicted molar refractivity (Wildman–Crippen MR) is 118 cm³/mol. The molecule has 1 heterocycles. The number of benzene rings is 2. The molecule has 4 rings (SSSR count). The molecule has 1 atom stereocenters. The molecule has 6 nitrogen and oxygen atoms in total. The molecule has 0 radical (unpaired) electrons. The van der Waals surface area contributed by atoms with Crippen LogP contribution in [-0.2, 0) is 25.7 Å². The lowest BCUT2D eigenvalue weighted by Crippen LogP contribution is -2.34. The number of aromatic hydroxyl groups is 1. The maximum absolute atomic E-state index is 12.9. The van der Waals surface area contributed by atoms with Crippen LogP contribution in [0.4, 0.5) is 0 Å². The van der Waals surface area contributed by atoms with E-state index in [2.05, 4.69) is 31.0 Å². The molecule has 1 aromatic heterocycles. The van der Waals surface area contributed by atoms with Crippen LogP contribution in [0, 0.1) is 5.21 Å². The number of aromatic amines is 1. The maximum atomic E-state index is 12.9. The number of hydrogen-bond acceptors (Lipinski definition) is 5. The second kappa shape index (κ2) is 8.22. The van der Waals surface area contributed by atoms with E-state index in [1.165, 1.54) is 34.4 Å². The van der Waals surface area contributed by atoms with Crippen LogP contribution in [0.1, 0.15) is 47.8 Å². The summed E-state index contributed by atoms with van der Waals surface area (Å²) in [6, 6.07) is 10.2. The number of fused-ring (bicyclic) bond motifs is 2. The number of pyridine rings is 1. The van der Waals surface area contributed by atoms with Gasteiger partial charge in [0, 0.05) is 24.0 Å². The Morgan fingerprint density at radius 3 is 2.33 bits per heavy atom. The minimum Gasteiger partial charge on any atom is -0.785 e. The van der Waals surface area contributed by atoms with Gasteiger partial charge in [0.15, 0.2) is 0 Å². The quantitative estimate of drug-likeness (QED) is 0.544. The molecule has 0 saturated carbocycles. The van der Waals surface area contributed by atoms with Crippen LogP contribution in [0.5, 0.6) is 5.75 Å². The van der Waals surface area contributed by atoms with E-state index in [1.54, 1.807) is 12.1 Å². The standard InChI is InChI=1S/C24H27N2O4/c1-3-14-9-16-11-18(12-17(16)10-15(14)4-2)26(30)13-22(28)19-5-7-21(27)24-20(19)6-8-23(29)25-24/h5-10,18,22,27-28H,3-4,11-13H2,1-2H3,(H,25,29)/q-1/t22-/m0/s1. The Bertz CT molecular complexity index is 1100. The minimum atomic E-state index is -1.03. The van der Waals surface area contributed by atoms with E-state index < -0.39 is 6.10 Å². The van der Waals surface area contributed by atoms with Crippen molar-refractivity contribution in [1.29, 1.82) is 0 Å². The van der Waals surface area contributed by atoms with Crippen LogP contribution in [0.2, 0.25) is 0 Å². The summed E-state index contributed by atoms with van der Waals surface area (Å²) in [4.78, 5) is 14.2. The van der Waals surface area contributed by atoms with Crippen molar-refractivity contribution >= 4 is 10.9 Å². The monoisotopic (exact) mass is 407 g/mol. The molecule has 1 aliphatic carbocycles. The van der Waals surface area contributed by atoms with E-state index in [1.807, 2.05) is 0 Å². The number of aryl methyl sites for hydroxylation is 2. The molecule has 0 bridgehead atoms. The first-order valence-electron chi connectivity index (χ1n) is 10.5. The van der Waals surface area contributed by atoms with Crippen LogP contribution in [0.3, 0.4) is 0 Å². The van der Waals surface area contributed by atoms with Gasteiger partial charge in [0.05, 0.1) is 11.6 Å². The Labute approximate surface area is 175 Å². The highest BCUT2D eigenvalue weighted by atomic mass is 16.5. The summed E-state index contributed by atoms with van der Waals surface area (Å²) in [5, 5.41) is 35.2. The number of phenols is 1. The Morgan fingerprint density at radius 1 is 1.10 bits per heavy atom. The third-order valence-electron chi connectivity index (χ3n) is 6.22. The largest absolute Gasteiger partial charge is 0.785 e. The summed E-state index contributed by atoms with van der Waals surface area (Å²) >= 11 is 0. The molecule has 3 aromatic rings. The van der Waals surface area contributed by atoms with Crippen molar-refractivity contribution in [3.05, 3.63) is 79.8 Å². The third-order valence-corrected chi connectivity index (χ3v) is 6.22. The van der Waals surface area contributed by atoms with E-state index in [-0.39, 0.29) is 29.4 Å². The summed E-state index contributed by atoms with van der Waals surface area (Å²) in [7, 11) is 0. The number of aliphatic hydroxyl groups excluding tert-OH is 1. The second-order valence-electron chi connectivity index (χ2n) is 8.06. The fourth-order valence-electron chi connectivity index (χ4n) is 4.58. The van der Waals surface area contributed by atoms with Crippen molar-refractivity contribution in [2.45, 2.75) is 51.7 Å². The van der Waals surface area contributed by atoms with Gasteiger partial charge >= 0.3 is 0 Å². The number of nitrogens with one attached hydrogen (secondary N) is 1. The maximum Gasteiger partial charge on any atom is 0.248 e. The Hall–Kier alpha value is -2.67. The van der Waals surface area contributed by atoms with Gasteiger partial charge in [0.25, 0.3) is 0 Å². The zero-order valence-corrected chi connectivity index (χ0v) is 17.3. The lowest BCUT2D eigenvalue weighted by atomic mass is 9.97. The SMILES string of the molecule is CCc1cc2c(cc1CC)CC(N([O-])C[C@H](O)c1ccc(O)c3[nH]c(=O)ccc13)C2. The van der Waals surface area contributed by atoms with Crippen LogP contribution < -0.4 is 5.56 Å². The summed E-state index contributed by atoms with van der Waals surface area (Å²) in [5.74, 6) is -0.0673. The molecule has 0 unspecified atom stereocenters. The first-order chi connectivity index (χ1) is 14.4. The van der Waals surface area contributed by atoms with E-state index in [4.69, 9.17) is 0 Å². The van der Waals surface area contributed by atoms with E-state index in [0.29, 0.717) is 23.8 Å². The first-order valence-corrected chi connectivity index (χ1v) is 10.5. The lowest BCUT2D eigenvalue weighted by Gasteiger charge is -2.36. The van der Waals surface area contributed by atoms with E-state index in [9.17, 15) is 20.2 Å². The summed E-state index contributed by atoms with van der Waals surface area (Å²) in [6.45, 7) is 4.23. The van der Waals surface area contributed by atoms with Crippen molar-refractivity contribution in [2.75, 3.05) is 6.54 Å². The van der Waals surface area contributed by atoms with Crippen molar-refractivity contribution < 1.29 is 10.2 Å². The molecule has 3 N–H and O–H groups in total. The zero-order chi connectivity index (χ0) is 21.4. The fourth-order valence-corrected chi connectivity index (χ4v) is 4.58. The van der Waals surface area contributed by atoms with Crippen molar-refractivity contribution in [1.82, 2.24) is 10.0 Å². The molecule has 30 heavy (non-hydrogen) atoms. The number of aromatic nitrogens is 1. The van der Waals surface area contributed by atoms with Gasteiger partial charge in [-0.3, -0.25) is 4.79 Å². The Balaban J connectivity index is 1.53. The highest BCUT2D eigenvalue weighted by Crippen LogP contribution is 2.32. The number of hydroxylamine groups is 2. The molecule has 0 spiro atoms. The summed E-state index contributed by atoms with van der Waals surface area (Å²) in [6.07, 6.45) is 2.31. The van der Waals surface area contributed by atoms with Gasteiger partial charge in [-0.15, -0.1) is 0 Å². The van der Waals surface area contributed by atoms with Gasteiger partial charge in [-0.2, -0.15) is 0 Å². The van der Waals surface area contributed by atoms with Crippen LogP contribution in [0.15, 0.2) is 41.2 Å². The van der Waals surface area contributed by atoms with Crippen LogP contribution in [-0.4, -0.2) is 32.8 Å². The Kier molecular flexibility index (Phi) is 5.64. The average Bonchev–Trinajstić information content (AvgIpc) is 3.16. The molecule has 1 aliphatic rings. The summed E-state index contributed by atoms with van der Waals surface area (Å²) < 4.78 is 0. The zero-order valence-electron chi connectivity index (χ0n) is 17.3. The number of nitrogens with zero attached hydrogens (tertiary/aromatic N) is 1. The number of hydrogen-bond donors (Lipinski definition) is 3. The van der Waals surface area contributed by atoms with E-state index >= 15 is 0 Å². The smallest absolute Gasteiger partial charge is 0.248 e. The normalized spacial score (nSPS) is 15.1. The van der Waals surface area contributed by atoms with Gasteiger partial charge in [0.1, 0.15) is 5.75 Å². The molecule has 0 fully saturated rings. The molecular formula is C24H27N2O4-. The Morgan fingerprint density at radius 2 is 1.73 bits per heavy atom. The number of aliphatic hydroxyl groups is 1. The molecule has 0 aliphatic heterocycles. The molecule has 0 saturated heterocycles. The second-order valence-corrected chi connectivity index (χ2v) is 8.06. The van der Waals surface area contributed by atoms with Crippen molar-refractivity contribution in [3.8, 4) is 5.75 Å². The molecular weight excluding hydrogens is 380 g/mol. The van der Waals surface area contributed by atoms with Gasteiger partial charge in [-0.25, -0.2) is 0 Å². The number of phenolic OH excluding ortho intramolecular Hbond substituents is 1. The lowest BCUT2D eigenvalue weighted by molar-refractivity contribution is 0.119. The fraction of sp³-hybridized carbons (Fsp3) is 0.375. The highest BCUT2D eigenvalue weighted by Gasteiger charge is 2.25. The van der Waals surface area contributed by atoms with E-state index in [0.717, 1.165) is 17.9 Å². The molecule has 2 aromatic carbocycles. The first kappa shape index (κ1) is 20.6. The summed E-state index contributed by atoms with van der Waals surface area (Å²) in [5.41, 5.74) is 5.60. The number of H-pyrrole nitrogens is 1. The molecule has 0 amide bonds. The topological polar surface area (TPSA) is 99.6 Å². The van der Waals surface area contributed by atoms with Gasteiger partial charge in [0.2, 0.25) is 5.56 Å². The van der Waals surface area contributed by atoms with Gasteiger partial charge in [-0.1, -0.05) is 32.0 Å². The van der Waals surface area contributed by atoms with Gasteiger partial charge < -0.3 is 25.5 Å².